The molecule has 0 aromatic heterocycles. The van der Waals surface area contributed by atoms with E-state index in [0.29, 0.717) is 23.9 Å². The van der Waals surface area contributed by atoms with E-state index in [9.17, 15) is 8.42 Å². The molecule has 26 heavy (non-hydrogen) atoms. The van der Waals surface area contributed by atoms with Crippen molar-refractivity contribution < 1.29 is 17.9 Å². The van der Waals surface area contributed by atoms with Crippen molar-refractivity contribution in [2.75, 3.05) is 19.9 Å². The van der Waals surface area contributed by atoms with Crippen LogP contribution < -0.4 is 9.47 Å². The highest BCUT2D eigenvalue weighted by molar-refractivity contribution is 7.89. The summed E-state index contributed by atoms with van der Waals surface area (Å²) in [4.78, 5) is 0.369. The van der Waals surface area contributed by atoms with E-state index in [2.05, 4.69) is 13.8 Å². The summed E-state index contributed by atoms with van der Waals surface area (Å²) < 4.78 is 38.3. The van der Waals surface area contributed by atoms with Crippen LogP contribution in [0.25, 0.3) is 0 Å². The molecule has 1 atom stereocenters. The van der Waals surface area contributed by atoms with Crippen molar-refractivity contribution in [3.8, 4) is 11.5 Å². The molecule has 0 bridgehead atoms. The van der Waals surface area contributed by atoms with Crippen LogP contribution >= 0.6 is 0 Å². The number of hydrogen-bond acceptors (Lipinski definition) is 4. The number of ether oxygens (including phenoxy) is 2. The van der Waals surface area contributed by atoms with Crippen molar-refractivity contribution >= 4 is 10.0 Å². The predicted octanol–water partition coefficient (Wildman–Crippen LogP) is 3.72. The summed E-state index contributed by atoms with van der Waals surface area (Å²) in [6, 6.07) is 13.1. The Morgan fingerprint density at radius 3 is 2.50 bits per heavy atom. The van der Waals surface area contributed by atoms with Crippen molar-refractivity contribution in [2.45, 2.75) is 37.0 Å². The van der Waals surface area contributed by atoms with Gasteiger partial charge in [0, 0.05) is 13.1 Å². The van der Waals surface area contributed by atoms with Crippen LogP contribution in [0.2, 0.25) is 0 Å². The Kier molecular flexibility index (Phi) is 4.40. The third-order valence-electron chi connectivity index (χ3n) is 5.20. The third-order valence-corrected chi connectivity index (χ3v) is 7.08. The van der Waals surface area contributed by atoms with Crippen molar-refractivity contribution in [1.29, 1.82) is 0 Å². The van der Waals surface area contributed by atoms with Crippen LogP contribution in [-0.2, 0) is 10.0 Å². The largest absolute Gasteiger partial charge is 0.454 e. The minimum absolute atomic E-state index is 0.175. The van der Waals surface area contributed by atoms with E-state index in [1.54, 1.807) is 16.4 Å². The van der Waals surface area contributed by atoms with Gasteiger partial charge >= 0.3 is 0 Å². The summed E-state index contributed by atoms with van der Waals surface area (Å²) in [5.74, 6) is 2.05. The topological polar surface area (TPSA) is 55.8 Å². The molecule has 138 valence electrons. The fourth-order valence-corrected chi connectivity index (χ4v) is 5.06. The monoisotopic (exact) mass is 373 g/mol. The summed E-state index contributed by atoms with van der Waals surface area (Å²) in [5, 5.41) is 0. The highest BCUT2D eigenvalue weighted by Gasteiger charge is 2.33. The maximum absolute atomic E-state index is 13.0. The molecule has 6 heteroatoms. The van der Waals surface area contributed by atoms with Gasteiger partial charge in [-0.05, 0) is 53.6 Å². The van der Waals surface area contributed by atoms with E-state index in [-0.39, 0.29) is 12.7 Å². The fourth-order valence-electron chi connectivity index (χ4n) is 3.56. The second-order valence-corrected chi connectivity index (χ2v) is 9.12. The normalized spacial score (nSPS) is 20.0. The van der Waals surface area contributed by atoms with Crippen LogP contribution in [0.3, 0.4) is 0 Å². The molecule has 0 spiro atoms. The molecule has 5 nitrogen and oxygen atoms in total. The molecule has 0 amide bonds. The lowest BCUT2D eigenvalue weighted by Crippen LogP contribution is -2.28. The molecule has 0 N–H and O–H groups in total. The van der Waals surface area contributed by atoms with E-state index in [4.69, 9.17) is 9.47 Å². The maximum atomic E-state index is 13.0. The molecule has 2 aromatic carbocycles. The summed E-state index contributed by atoms with van der Waals surface area (Å²) in [5.41, 5.74) is 2.24. The fraction of sp³-hybridized carbons (Fsp3) is 0.400. The molecular weight excluding hydrogens is 350 g/mol. The van der Waals surface area contributed by atoms with Gasteiger partial charge in [-0.2, -0.15) is 4.31 Å². The van der Waals surface area contributed by atoms with Gasteiger partial charge in [-0.1, -0.05) is 32.0 Å². The van der Waals surface area contributed by atoms with Crippen LogP contribution in [0.1, 0.15) is 43.2 Å². The lowest BCUT2D eigenvalue weighted by molar-refractivity contribution is 0.174. The van der Waals surface area contributed by atoms with Gasteiger partial charge in [-0.25, -0.2) is 8.42 Å². The van der Waals surface area contributed by atoms with Crippen LogP contribution in [0, 0.1) is 0 Å². The van der Waals surface area contributed by atoms with Crippen LogP contribution in [0.5, 0.6) is 11.5 Å². The molecule has 2 aliphatic rings. The molecular formula is C20H23NO4S. The Morgan fingerprint density at radius 1 is 1.04 bits per heavy atom. The lowest BCUT2D eigenvalue weighted by atomic mass is 9.98. The molecule has 2 aliphatic heterocycles. The molecule has 2 aromatic rings. The van der Waals surface area contributed by atoms with Gasteiger partial charge in [0.15, 0.2) is 11.5 Å². The van der Waals surface area contributed by atoms with Crippen molar-refractivity contribution in [1.82, 2.24) is 4.31 Å². The van der Waals surface area contributed by atoms with E-state index in [1.165, 1.54) is 0 Å². The van der Waals surface area contributed by atoms with Gasteiger partial charge < -0.3 is 9.47 Å². The van der Waals surface area contributed by atoms with Crippen molar-refractivity contribution in [3.05, 3.63) is 53.6 Å². The first-order chi connectivity index (χ1) is 12.4. The van der Waals surface area contributed by atoms with E-state index in [1.807, 2.05) is 30.3 Å². The zero-order valence-corrected chi connectivity index (χ0v) is 15.8. The Bertz CT molecular complexity index is 906. The number of fused-ring (bicyclic) bond motifs is 1. The van der Waals surface area contributed by atoms with Gasteiger partial charge in [0.2, 0.25) is 16.8 Å². The highest BCUT2D eigenvalue weighted by Crippen LogP contribution is 2.38. The van der Waals surface area contributed by atoms with Crippen molar-refractivity contribution in [3.63, 3.8) is 0 Å². The molecule has 1 fully saturated rings. The molecule has 0 saturated carbocycles. The Labute approximate surface area is 154 Å². The number of nitrogens with zero attached hydrogens (tertiary/aromatic N) is 1. The highest BCUT2D eigenvalue weighted by atomic mass is 32.2. The zero-order chi connectivity index (χ0) is 18.3. The maximum Gasteiger partial charge on any atom is 0.243 e. The average molecular weight is 373 g/mol. The SMILES string of the molecule is CC(C)c1ccc(S(=O)(=O)N2CCC(c3ccc4c(c3)OCO4)C2)cc1. The second-order valence-electron chi connectivity index (χ2n) is 7.19. The first kappa shape index (κ1) is 17.4. The van der Waals surface area contributed by atoms with Crippen LogP contribution in [0.4, 0.5) is 0 Å². The number of benzene rings is 2. The number of rotatable bonds is 4. The summed E-state index contributed by atoms with van der Waals surface area (Å²) in [7, 11) is -3.46. The molecule has 0 radical (unpaired) electrons. The van der Waals surface area contributed by atoms with Crippen LogP contribution in [-0.4, -0.2) is 32.6 Å². The predicted molar refractivity (Wildman–Crippen MR) is 99.2 cm³/mol. The Balaban J connectivity index is 1.52. The zero-order valence-electron chi connectivity index (χ0n) is 15.0. The van der Waals surface area contributed by atoms with E-state index in [0.717, 1.165) is 29.0 Å². The lowest BCUT2D eigenvalue weighted by Gasteiger charge is -2.17. The van der Waals surface area contributed by atoms with E-state index >= 15 is 0 Å². The van der Waals surface area contributed by atoms with Crippen molar-refractivity contribution in [2.24, 2.45) is 0 Å². The van der Waals surface area contributed by atoms with Gasteiger partial charge in [0.1, 0.15) is 0 Å². The van der Waals surface area contributed by atoms with E-state index < -0.39 is 10.0 Å². The number of hydrogen-bond donors (Lipinski definition) is 0. The minimum Gasteiger partial charge on any atom is -0.454 e. The van der Waals surface area contributed by atoms with Gasteiger partial charge in [0.25, 0.3) is 0 Å². The Hall–Kier alpha value is -2.05. The third kappa shape index (κ3) is 3.08. The standard InChI is InChI=1S/C20H23NO4S/c1-14(2)15-3-6-18(7-4-15)26(22,23)21-10-9-17(12-21)16-5-8-19-20(11-16)25-13-24-19/h3-8,11,14,17H,9-10,12-13H2,1-2H3. The minimum atomic E-state index is -3.46. The number of sulfonamides is 1. The molecule has 1 unspecified atom stereocenters. The van der Waals surface area contributed by atoms with Crippen LogP contribution in [0.15, 0.2) is 47.4 Å². The molecule has 4 rings (SSSR count). The summed E-state index contributed by atoms with van der Waals surface area (Å²) >= 11 is 0. The summed E-state index contributed by atoms with van der Waals surface area (Å²) in [6.45, 7) is 5.47. The van der Waals surface area contributed by atoms with Gasteiger partial charge in [-0.15, -0.1) is 0 Å². The Morgan fingerprint density at radius 2 is 1.77 bits per heavy atom. The summed E-state index contributed by atoms with van der Waals surface area (Å²) in [6.07, 6.45) is 0.808. The molecule has 0 aliphatic carbocycles. The first-order valence-corrected chi connectivity index (χ1v) is 10.4. The second kappa shape index (κ2) is 6.59. The first-order valence-electron chi connectivity index (χ1n) is 8.95. The quantitative estimate of drug-likeness (QED) is 0.820. The van der Waals surface area contributed by atoms with Gasteiger partial charge in [0.05, 0.1) is 4.90 Å². The smallest absolute Gasteiger partial charge is 0.243 e. The molecule has 1 saturated heterocycles. The molecule has 2 heterocycles. The van der Waals surface area contributed by atoms with Gasteiger partial charge in [-0.3, -0.25) is 0 Å². The average Bonchev–Trinajstić information content (AvgIpc) is 3.30.